The van der Waals surface area contributed by atoms with Crippen molar-refractivity contribution in [3.63, 3.8) is 0 Å². The first-order chi connectivity index (χ1) is 12.4. The molecule has 0 radical (unpaired) electrons. The average Bonchev–Trinajstić information content (AvgIpc) is 3.48. The molecule has 26 heavy (non-hydrogen) atoms. The molecule has 0 unspecified atom stereocenters. The van der Waals surface area contributed by atoms with E-state index < -0.39 is 5.97 Å². The van der Waals surface area contributed by atoms with Gasteiger partial charge < -0.3 is 14.2 Å². The zero-order chi connectivity index (χ0) is 19.0. The molecule has 6 heteroatoms. The largest absolute Gasteiger partial charge is 0.461 e. The molecule has 0 aromatic carbocycles. The average molecular weight is 360 g/mol. The van der Waals surface area contributed by atoms with Gasteiger partial charge in [0.15, 0.2) is 5.78 Å². The predicted octanol–water partition coefficient (Wildman–Crippen LogP) is 2.89. The van der Waals surface area contributed by atoms with Crippen LogP contribution in [0.1, 0.15) is 71.6 Å². The quantitative estimate of drug-likeness (QED) is 0.528. The molecule has 0 saturated heterocycles. The number of ether oxygens (including phenoxy) is 1. The number of esters is 1. The lowest BCUT2D eigenvalue weighted by molar-refractivity contribution is -0.132. The standard InChI is InChI=1S/C20H28N2O4/c1-5-21-13(4)17(12(3)18(21)20(25)26-6-2)16(23)11-22(15-9-10-15)19(24)14-7-8-14/h14-15H,5-11H2,1-4H3. The Kier molecular flexibility index (Phi) is 5.21. The molecule has 2 fully saturated rings. The number of carbonyl (C=O) groups is 3. The number of aromatic nitrogens is 1. The molecule has 3 rings (SSSR count). The summed E-state index contributed by atoms with van der Waals surface area (Å²) in [5, 5.41) is 0. The van der Waals surface area contributed by atoms with E-state index in [0.717, 1.165) is 31.4 Å². The zero-order valence-electron chi connectivity index (χ0n) is 16.1. The van der Waals surface area contributed by atoms with Crippen molar-refractivity contribution in [3.8, 4) is 0 Å². The third-order valence-electron chi connectivity index (χ3n) is 5.34. The maximum atomic E-state index is 13.1. The summed E-state index contributed by atoms with van der Waals surface area (Å²) >= 11 is 0. The van der Waals surface area contributed by atoms with Gasteiger partial charge in [-0.15, -0.1) is 0 Å². The predicted molar refractivity (Wildman–Crippen MR) is 97.3 cm³/mol. The third kappa shape index (κ3) is 3.41. The summed E-state index contributed by atoms with van der Waals surface area (Å²) in [7, 11) is 0. The Morgan fingerprint density at radius 2 is 1.77 bits per heavy atom. The van der Waals surface area contributed by atoms with Gasteiger partial charge in [0.2, 0.25) is 5.91 Å². The summed E-state index contributed by atoms with van der Waals surface area (Å²) < 4.78 is 7.01. The number of hydrogen-bond donors (Lipinski definition) is 0. The number of carbonyl (C=O) groups excluding carboxylic acids is 3. The highest BCUT2D eigenvalue weighted by molar-refractivity contribution is 6.05. The van der Waals surface area contributed by atoms with Gasteiger partial charge in [-0.1, -0.05) is 0 Å². The molecule has 0 spiro atoms. The smallest absolute Gasteiger partial charge is 0.355 e. The van der Waals surface area contributed by atoms with Crippen molar-refractivity contribution in [1.29, 1.82) is 0 Å². The fourth-order valence-corrected chi connectivity index (χ4v) is 3.74. The highest BCUT2D eigenvalue weighted by Crippen LogP contribution is 2.36. The Morgan fingerprint density at radius 3 is 2.27 bits per heavy atom. The van der Waals surface area contributed by atoms with E-state index in [1.807, 2.05) is 18.4 Å². The number of rotatable bonds is 8. The maximum absolute atomic E-state index is 13.1. The summed E-state index contributed by atoms with van der Waals surface area (Å²) in [5.41, 5.74) is 2.43. The van der Waals surface area contributed by atoms with Crippen molar-refractivity contribution in [3.05, 3.63) is 22.5 Å². The maximum Gasteiger partial charge on any atom is 0.355 e. The van der Waals surface area contributed by atoms with Crippen LogP contribution in [0, 0.1) is 19.8 Å². The Hall–Kier alpha value is -2.11. The summed E-state index contributed by atoms with van der Waals surface area (Å²) in [4.78, 5) is 39.7. The van der Waals surface area contributed by atoms with Crippen molar-refractivity contribution >= 4 is 17.7 Å². The van der Waals surface area contributed by atoms with E-state index in [1.165, 1.54) is 0 Å². The minimum absolute atomic E-state index is 0.0846. The number of hydrogen-bond acceptors (Lipinski definition) is 4. The molecule has 0 aliphatic heterocycles. The fourth-order valence-electron chi connectivity index (χ4n) is 3.74. The van der Waals surface area contributed by atoms with E-state index in [9.17, 15) is 14.4 Å². The van der Waals surface area contributed by atoms with Gasteiger partial charge in [0.05, 0.1) is 13.2 Å². The van der Waals surface area contributed by atoms with E-state index in [-0.39, 0.29) is 30.2 Å². The van der Waals surface area contributed by atoms with Crippen molar-refractivity contribution in [2.75, 3.05) is 13.2 Å². The number of ketones is 1. The van der Waals surface area contributed by atoms with Crippen molar-refractivity contribution in [2.24, 2.45) is 5.92 Å². The first-order valence-electron chi connectivity index (χ1n) is 9.61. The zero-order valence-corrected chi connectivity index (χ0v) is 16.1. The van der Waals surface area contributed by atoms with Crippen LogP contribution in [0.2, 0.25) is 0 Å². The summed E-state index contributed by atoms with van der Waals surface area (Å²) in [5.74, 6) is -0.252. The lowest BCUT2D eigenvalue weighted by Crippen LogP contribution is -2.38. The lowest BCUT2D eigenvalue weighted by atomic mass is 10.0. The number of amides is 1. The molecule has 0 bridgehead atoms. The fraction of sp³-hybridized carbons (Fsp3) is 0.650. The molecule has 2 saturated carbocycles. The van der Waals surface area contributed by atoms with E-state index in [4.69, 9.17) is 4.74 Å². The minimum Gasteiger partial charge on any atom is -0.461 e. The van der Waals surface area contributed by atoms with Crippen molar-refractivity contribution in [1.82, 2.24) is 9.47 Å². The lowest BCUT2D eigenvalue weighted by Gasteiger charge is -2.22. The summed E-state index contributed by atoms with van der Waals surface area (Å²) in [6.45, 7) is 8.35. The van der Waals surface area contributed by atoms with Crippen LogP contribution in [0.4, 0.5) is 0 Å². The molecule has 1 aromatic rings. The van der Waals surface area contributed by atoms with Gasteiger partial charge in [-0.05, 0) is 58.9 Å². The van der Waals surface area contributed by atoms with Crippen LogP contribution in [0.25, 0.3) is 0 Å². The molecule has 142 valence electrons. The van der Waals surface area contributed by atoms with E-state index in [1.54, 1.807) is 18.7 Å². The van der Waals surface area contributed by atoms with Gasteiger partial charge in [0.1, 0.15) is 5.69 Å². The van der Waals surface area contributed by atoms with Crippen LogP contribution < -0.4 is 0 Å². The first kappa shape index (κ1) is 18.7. The SMILES string of the molecule is CCOC(=O)c1c(C)c(C(=O)CN(C(=O)C2CC2)C2CC2)c(C)n1CC. The van der Waals surface area contributed by atoms with E-state index >= 15 is 0 Å². The van der Waals surface area contributed by atoms with Gasteiger partial charge in [-0.2, -0.15) is 0 Å². The second-order valence-electron chi connectivity index (χ2n) is 7.29. The third-order valence-corrected chi connectivity index (χ3v) is 5.34. The van der Waals surface area contributed by atoms with E-state index in [0.29, 0.717) is 30.0 Å². The number of Topliss-reactive ketones (excluding diaryl/α,β-unsaturated/α-hetero) is 1. The van der Waals surface area contributed by atoms with Gasteiger partial charge in [-0.3, -0.25) is 9.59 Å². The van der Waals surface area contributed by atoms with Gasteiger partial charge in [0, 0.05) is 29.8 Å². The highest BCUT2D eigenvalue weighted by atomic mass is 16.5. The summed E-state index contributed by atoms with van der Waals surface area (Å²) in [6.07, 6.45) is 3.84. The normalized spacial score (nSPS) is 16.5. The topological polar surface area (TPSA) is 68.6 Å². The van der Waals surface area contributed by atoms with E-state index in [2.05, 4.69) is 0 Å². The van der Waals surface area contributed by atoms with Crippen LogP contribution in [0.15, 0.2) is 0 Å². The van der Waals surface area contributed by atoms with Crippen LogP contribution in [0.3, 0.4) is 0 Å². The molecule has 2 aliphatic rings. The van der Waals surface area contributed by atoms with Gasteiger partial charge in [0.25, 0.3) is 0 Å². The Bertz CT molecular complexity index is 741. The van der Waals surface area contributed by atoms with Gasteiger partial charge >= 0.3 is 5.97 Å². The Morgan fingerprint density at radius 1 is 1.12 bits per heavy atom. The van der Waals surface area contributed by atoms with Crippen molar-refractivity contribution < 1.29 is 19.1 Å². The molecule has 0 N–H and O–H groups in total. The van der Waals surface area contributed by atoms with Crippen molar-refractivity contribution in [2.45, 2.75) is 66.0 Å². The Labute approximate surface area is 154 Å². The molecule has 1 aromatic heterocycles. The summed E-state index contributed by atoms with van der Waals surface area (Å²) in [6, 6.07) is 0.213. The van der Waals surface area contributed by atoms with Gasteiger partial charge in [-0.25, -0.2) is 4.79 Å². The Balaban J connectivity index is 1.88. The highest BCUT2D eigenvalue weighted by Gasteiger charge is 2.41. The molecule has 1 amide bonds. The minimum atomic E-state index is -0.401. The molecule has 6 nitrogen and oxygen atoms in total. The molecule has 0 atom stereocenters. The molecule has 1 heterocycles. The monoisotopic (exact) mass is 360 g/mol. The molecular weight excluding hydrogens is 332 g/mol. The van der Waals surface area contributed by atoms with Crippen LogP contribution in [-0.4, -0.2) is 46.3 Å². The van der Waals surface area contributed by atoms with Crippen LogP contribution in [0.5, 0.6) is 0 Å². The second-order valence-corrected chi connectivity index (χ2v) is 7.29. The van der Waals surface area contributed by atoms with Crippen LogP contribution in [-0.2, 0) is 16.1 Å². The van der Waals surface area contributed by atoms with Crippen LogP contribution >= 0.6 is 0 Å². The first-order valence-corrected chi connectivity index (χ1v) is 9.61. The molecule has 2 aliphatic carbocycles. The number of nitrogens with zero attached hydrogens (tertiary/aromatic N) is 2. The molecular formula is C20H28N2O4. The second kappa shape index (κ2) is 7.25.